The Bertz CT molecular complexity index is 2180. The minimum absolute atomic E-state index is 0.0857. The van der Waals surface area contributed by atoms with Crippen molar-refractivity contribution in [3.8, 4) is 5.75 Å². The number of carbonyl (C=O) groups is 1. The lowest BCUT2D eigenvalue weighted by Crippen LogP contribution is -2.62. The normalized spacial score (nSPS) is 35.3. The van der Waals surface area contributed by atoms with Crippen molar-refractivity contribution in [3.63, 3.8) is 0 Å². The van der Waals surface area contributed by atoms with Crippen LogP contribution in [0.5, 0.6) is 5.75 Å². The minimum Gasteiger partial charge on any atom is -0.500 e. The zero-order chi connectivity index (χ0) is 36.0. The van der Waals surface area contributed by atoms with Crippen molar-refractivity contribution in [2.45, 2.75) is 75.9 Å². The number of hydrogen-bond donors (Lipinski definition) is 1. The van der Waals surface area contributed by atoms with Crippen LogP contribution in [0.25, 0.3) is 21.8 Å². The van der Waals surface area contributed by atoms with Gasteiger partial charge in [-0.25, -0.2) is 0 Å². The third kappa shape index (κ3) is 4.39. The van der Waals surface area contributed by atoms with Crippen LogP contribution in [-0.2, 0) is 47.6 Å². The molecule has 10 rings (SSSR count). The number of aromatic nitrogens is 2. The van der Waals surface area contributed by atoms with Gasteiger partial charge in [0.05, 0.1) is 44.2 Å². The van der Waals surface area contributed by atoms with Crippen molar-refractivity contribution in [2.24, 2.45) is 43.7 Å². The zero-order valence-corrected chi connectivity index (χ0v) is 31.6. The van der Waals surface area contributed by atoms with Crippen LogP contribution in [0, 0.1) is 29.6 Å². The number of methoxy groups -OCH3 is 1. The first-order chi connectivity index (χ1) is 25.0. The number of ketones is 1. The fourth-order valence-corrected chi connectivity index (χ4v) is 12.5. The number of Topliss-reactive ketones (excluding diaryl/α,β-unsaturated/α-hetero) is 1. The monoisotopic (exact) mass is 704 g/mol. The molecule has 1 N–H and O–H groups in total. The molecule has 0 spiro atoms. The number of aliphatic hydroxyl groups is 1. The maximum Gasteiger partial charge on any atom is 0.166 e. The molecule has 6 aliphatic heterocycles. The smallest absolute Gasteiger partial charge is 0.166 e. The van der Waals surface area contributed by atoms with E-state index < -0.39 is 5.79 Å². The van der Waals surface area contributed by atoms with E-state index in [4.69, 9.17) is 14.2 Å². The molecule has 3 fully saturated rings. The number of para-hydroxylation sites is 1. The molecule has 10 atom stereocenters. The van der Waals surface area contributed by atoms with Crippen LogP contribution in [0.2, 0.25) is 0 Å². The molecule has 6 aliphatic rings. The number of likely N-dealkylation sites (N-methyl/N-ethyl adjacent to an activating group) is 2. The number of ether oxygens (including phenoxy) is 3. The topological polar surface area (TPSA) is 81.3 Å². The van der Waals surface area contributed by atoms with Gasteiger partial charge in [0, 0.05) is 83.2 Å². The van der Waals surface area contributed by atoms with E-state index in [9.17, 15) is 9.90 Å². The summed E-state index contributed by atoms with van der Waals surface area (Å²) in [6.07, 6.45) is 6.24. The fraction of sp³-hybridized carbons (Fsp3) is 0.558. The van der Waals surface area contributed by atoms with Crippen molar-refractivity contribution in [3.05, 3.63) is 76.3 Å². The maximum atomic E-state index is 12.7. The molecule has 0 saturated carbocycles. The van der Waals surface area contributed by atoms with E-state index in [1.54, 1.807) is 20.3 Å². The maximum absolute atomic E-state index is 12.7. The van der Waals surface area contributed by atoms with Gasteiger partial charge in [-0.3, -0.25) is 14.6 Å². The third-order valence-corrected chi connectivity index (χ3v) is 15.0. The number of aryl methyl sites for hydroxylation is 2. The molecular weight excluding hydrogens is 652 g/mol. The standard InChI is InChI=1S/C43H52N4O5/c1-22(48)30-19-51-20-31-26(30)15-38-42-29(18-36(31)45(38)4)40-23(12-24(50-7)14-37(40)47(42)6)13-33-27-16-39-41-28(25-10-8-9-11-34(25)46(41)5)17-35(44(39)3)32(27)21-52-43(33,2)49/h8-12,14,19,26-27,31-33,35-36,38-39,49H,13,15-18,20-21H2,1-7H3/t26-,27-,31-,32+,33+,35+,36-,38-,39+,43-/m0/s1. The highest BCUT2D eigenvalue weighted by molar-refractivity contribution is 5.94. The van der Waals surface area contributed by atoms with Gasteiger partial charge in [0.2, 0.25) is 0 Å². The summed E-state index contributed by atoms with van der Waals surface area (Å²) in [5.41, 5.74) is 10.2. The average Bonchev–Trinajstić information content (AvgIpc) is 3.56. The molecule has 8 heterocycles. The van der Waals surface area contributed by atoms with Crippen molar-refractivity contribution in [1.29, 1.82) is 0 Å². The summed E-state index contributed by atoms with van der Waals surface area (Å²) in [5, 5.41) is 14.9. The average molecular weight is 705 g/mol. The Balaban J connectivity index is 1.07. The molecule has 9 heteroatoms. The van der Waals surface area contributed by atoms with E-state index in [0.29, 0.717) is 37.5 Å². The van der Waals surface area contributed by atoms with E-state index >= 15 is 0 Å². The molecule has 9 nitrogen and oxygen atoms in total. The highest BCUT2D eigenvalue weighted by Gasteiger charge is 2.56. The lowest BCUT2D eigenvalue weighted by Gasteiger charge is -2.58. The van der Waals surface area contributed by atoms with Crippen LogP contribution in [0.3, 0.4) is 0 Å². The number of nitrogens with zero attached hydrogens (tertiary/aromatic N) is 4. The van der Waals surface area contributed by atoms with Crippen molar-refractivity contribution >= 4 is 27.6 Å². The van der Waals surface area contributed by atoms with Crippen molar-refractivity contribution in [2.75, 3.05) is 34.4 Å². The predicted octanol–water partition coefficient (Wildman–Crippen LogP) is 5.85. The Morgan fingerprint density at radius 2 is 1.60 bits per heavy atom. The summed E-state index contributed by atoms with van der Waals surface area (Å²) in [5.74, 6) is 0.712. The largest absolute Gasteiger partial charge is 0.500 e. The third-order valence-electron chi connectivity index (χ3n) is 15.0. The van der Waals surface area contributed by atoms with Crippen LogP contribution >= 0.6 is 0 Å². The summed E-state index contributed by atoms with van der Waals surface area (Å²) < 4.78 is 23.3. The summed E-state index contributed by atoms with van der Waals surface area (Å²) in [6.45, 7) is 4.80. The fourth-order valence-electron chi connectivity index (χ4n) is 12.5. The molecule has 0 aliphatic carbocycles. The van der Waals surface area contributed by atoms with Crippen LogP contribution in [0.1, 0.15) is 66.9 Å². The van der Waals surface area contributed by atoms with Gasteiger partial charge in [0.1, 0.15) is 5.75 Å². The Kier molecular flexibility index (Phi) is 7.25. The lowest BCUT2D eigenvalue weighted by atomic mass is 9.62. The van der Waals surface area contributed by atoms with Crippen LogP contribution in [0.4, 0.5) is 0 Å². The molecule has 0 radical (unpaired) electrons. The Morgan fingerprint density at radius 1 is 0.904 bits per heavy atom. The van der Waals surface area contributed by atoms with Crippen LogP contribution in [0.15, 0.2) is 48.2 Å². The highest BCUT2D eigenvalue weighted by Crippen LogP contribution is 2.56. The Morgan fingerprint density at radius 3 is 2.37 bits per heavy atom. The van der Waals surface area contributed by atoms with Gasteiger partial charge in [0.15, 0.2) is 11.6 Å². The quantitative estimate of drug-likeness (QED) is 0.286. The molecule has 3 saturated heterocycles. The van der Waals surface area contributed by atoms with Gasteiger partial charge in [-0.1, -0.05) is 18.2 Å². The number of rotatable bonds is 4. The van der Waals surface area contributed by atoms with Crippen molar-refractivity contribution < 1.29 is 24.1 Å². The summed E-state index contributed by atoms with van der Waals surface area (Å²) in [6, 6.07) is 14.4. The Labute approximate surface area is 306 Å². The van der Waals surface area contributed by atoms with Gasteiger partial charge < -0.3 is 28.5 Å². The molecule has 2 aromatic carbocycles. The molecule has 4 aromatic rings. The van der Waals surface area contributed by atoms with Gasteiger partial charge >= 0.3 is 0 Å². The zero-order valence-electron chi connectivity index (χ0n) is 31.6. The van der Waals surface area contributed by atoms with Gasteiger partial charge in [-0.2, -0.15) is 0 Å². The van der Waals surface area contributed by atoms with E-state index in [1.165, 1.54) is 49.9 Å². The van der Waals surface area contributed by atoms with Gasteiger partial charge in [0.25, 0.3) is 0 Å². The first-order valence-corrected chi connectivity index (χ1v) is 19.4. The SMILES string of the molecule is COc1cc(C[C@@H]2[C@H]3C[C@@H]4c5c(c6ccccc6n5C)C[C@H]([C@@H]3CO[C@]2(C)O)N4C)c2c3c(n(C)c2c1)[C@@H]1C[C@H]2C(C(C)=O)=COC[C@@H]2[C@H](C3)N1C. The molecule has 0 amide bonds. The molecule has 2 aromatic heterocycles. The molecule has 4 bridgehead atoms. The van der Waals surface area contributed by atoms with Crippen molar-refractivity contribution in [1.82, 2.24) is 18.9 Å². The second-order valence-electron chi connectivity index (χ2n) is 17.2. The van der Waals surface area contributed by atoms with E-state index in [0.717, 1.165) is 37.0 Å². The number of allylic oxidation sites excluding steroid dienone is 1. The number of benzene rings is 2. The van der Waals surface area contributed by atoms with Gasteiger partial charge in [-0.15, -0.1) is 0 Å². The molecular formula is C43H52N4O5. The molecule has 274 valence electrons. The van der Waals surface area contributed by atoms with E-state index in [1.807, 2.05) is 6.92 Å². The first-order valence-electron chi connectivity index (χ1n) is 19.4. The lowest BCUT2D eigenvalue weighted by molar-refractivity contribution is -0.289. The molecule has 52 heavy (non-hydrogen) atoms. The van der Waals surface area contributed by atoms with E-state index in [2.05, 4.69) is 83.5 Å². The summed E-state index contributed by atoms with van der Waals surface area (Å²) in [4.78, 5) is 17.9. The predicted molar refractivity (Wildman–Crippen MR) is 200 cm³/mol. The highest BCUT2D eigenvalue weighted by atomic mass is 16.6. The first kappa shape index (κ1) is 33.0. The number of fused-ring (bicyclic) bond motifs is 16. The van der Waals surface area contributed by atoms with Gasteiger partial charge in [-0.05, 0) is 101 Å². The summed E-state index contributed by atoms with van der Waals surface area (Å²) >= 11 is 0. The second-order valence-corrected chi connectivity index (χ2v) is 17.2. The molecule has 0 unspecified atom stereocenters. The van der Waals surface area contributed by atoms with Crippen LogP contribution < -0.4 is 4.74 Å². The van der Waals surface area contributed by atoms with E-state index in [-0.39, 0.29) is 41.7 Å². The number of hydrogen-bond acceptors (Lipinski definition) is 7. The minimum atomic E-state index is -1.25. The Hall–Kier alpha value is -3.63. The number of piperidine rings is 2. The van der Waals surface area contributed by atoms with Crippen LogP contribution in [-0.4, -0.2) is 82.1 Å². The second kappa shape index (κ2) is 11.4. The summed E-state index contributed by atoms with van der Waals surface area (Å²) in [7, 11) is 10.8. The number of carbonyl (C=O) groups excluding carboxylic acids is 1.